The molecule has 2 N–H and O–H groups in total. The van der Waals surface area contributed by atoms with E-state index in [0.29, 0.717) is 6.42 Å². The van der Waals surface area contributed by atoms with E-state index in [4.69, 9.17) is 9.84 Å². The standard InChI is InChI=1S/C9H11N2O4.Y/c12-5-6-1-2-8(15-6)11-4-3-7(13)10-9(11)14;/h1,3-4,6,8,12H,2,5H2,(H,10,13,14);/q-1;. The molecule has 1 fully saturated rings. The molecule has 1 saturated heterocycles. The van der Waals surface area contributed by atoms with E-state index in [1.165, 1.54) is 16.8 Å². The molecule has 2 rings (SSSR count). The van der Waals surface area contributed by atoms with Gasteiger partial charge in [0.2, 0.25) is 0 Å². The van der Waals surface area contributed by atoms with Gasteiger partial charge in [-0.1, -0.05) is 0 Å². The molecule has 0 bridgehead atoms. The Balaban J connectivity index is 0.00000128. The average Bonchev–Trinajstić information content (AvgIpc) is 2.66. The number of nitrogens with zero attached hydrogens (tertiary/aromatic N) is 1. The predicted molar refractivity (Wildman–Crippen MR) is 51.2 cm³/mol. The second-order valence-corrected chi connectivity index (χ2v) is 3.30. The van der Waals surface area contributed by atoms with E-state index in [9.17, 15) is 9.59 Å². The number of nitrogens with one attached hydrogen (secondary N) is 1. The van der Waals surface area contributed by atoms with Crippen LogP contribution in [0.15, 0.2) is 21.9 Å². The summed E-state index contributed by atoms with van der Waals surface area (Å²) in [5, 5.41) is 8.84. The van der Waals surface area contributed by atoms with E-state index >= 15 is 0 Å². The van der Waals surface area contributed by atoms with Crippen LogP contribution in [0.3, 0.4) is 0 Å². The Labute approximate surface area is 117 Å². The topological polar surface area (TPSA) is 84.3 Å². The zero-order valence-corrected chi connectivity index (χ0v) is 11.3. The van der Waals surface area contributed by atoms with E-state index in [1.54, 1.807) is 6.42 Å². The van der Waals surface area contributed by atoms with Crippen LogP contribution < -0.4 is 11.2 Å². The van der Waals surface area contributed by atoms with Gasteiger partial charge >= 0.3 is 5.69 Å². The van der Waals surface area contributed by atoms with E-state index in [0.717, 1.165) is 0 Å². The van der Waals surface area contributed by atoms with Gasteiger partial charge < -0.3 is 9.84 Å². The monoisotopic (exact) mass is 300 g/mol. The molecule has 0 saturated carbocycles. The quantitative estimate of drug-likeness (QED) is 0.688. The first-order chi connectivity index (χ1) is 7.20. The molecule has 1 aromatic rings. The molecule has 1 aliphatic heterocycles. The zero-order valence-electron chi connectivity index (χ0n) is 8.50. The number of aromatic nitrogens is 2. The molecule has 2 unspecified atom stereocenters. The Morgan fingerprint density at radius 3 is 2.94 bits per heavy atom. The molecule has 0 amide bonds. The largest absolute Gasteiger partial charge is 0.397 e. The van der Waals surface area contributed by atoms with Gasteiger partial charge in [-0.3, -0.25) is 20.8 Å². The third kappa shape index (κ3) is 2.88. The van der Waals surface area contributed by atoms with Crippen molar-refractivity contribution in [2.75, 3.05) is 6.61 Å². The van der Waals surface area contributed by atoms with Crippen molar-refractivity contribution in [3.8, 4) is 0 Å². The van der Waals surface area contributed by atoms with Crippen LogP contribution in [0.2, 0.25) is 0 Å². The Bertz CT molecular complexity index is 455. The van der Waals surface area contributed by atoms with Crippen LogP contribution in [0, 0.1) is 6.42 Å². The first kappa shape index (κ1) is 13.8. The van der Waals surface area contributed by atoms with Crippen LogP contribution in [0.5, 0.6) is 0 Å². The molecule has 1 radical (unpaired) electrons. The Hall–Kier alpha value is -0.296. The van der Waals surface area contributed by atoms with E-state index in [-0.39, 0.29) is 45.4 Å². The normalized spacial score (nSPS) is 24.1. The minimum atomic E-state index is -0.500. The van der Waals surface area contributed by atoms with Crippen LogP contribution in [0.25, 0.3) is 0 Å². The van der Waals surface area contributed by atoms with E-state index in [1.807, 2.05) is 0 Å². The summed E-state index contributed by atoms with van der Waals surface area (Å²) in [6.07, 6.45) is 2.94. The summed E-state index contributed by atoms with van der Waals surface area (Å²) < 4.78 is 6.65. The fourth-order valence-electron chi connectivity index (χ4n) is 1.53. The third-order valence-corrected chi connectivity index (χ3v) is 2.27. The summed E-state index contributed by atoms with van der Waals surface area (Å²) in [5.74, 6) is 0. The first-order valence-corrected chi connectivity index (χ1v) is 4.62. The van der Waals surface area contributed by atoms with Crippen LogP contribution in [0.1, 0.15) is 12.6 Å². The molecule has 1 aliphatic rings. The van der Waals surface area contributed by atoms with Crippen LogP contribution >= 0.6 is 0 Å². The van der Waals surface area contributed by atoms with E-state index < -0.39 is 17.5 Å². The van der Waals surface area contributed by atoms with Gasteiger partial charge in [0, 0.05) is 51.6 Å². The number of hydrogen-bond acceptors (Lipinski definition) is 4. The molecule has 1 aromatic heterocycles. The van der Waals surface area contributed by atoms with Gasteiger partial charge in [0.05, 0.1) is 0 Å². The van der Waals surface area contributed by atoms with Crippen molar-refractivity contribution in [2.45, 2.75) is 18.8 Å². The third-order valence-electron chi connectivity index (χ3n) is 2.27. The van der Waals surface area contributed by atoms with Crippen LogP contribution in [0.4, 0.5) is 0 Å². The molecule has 2 atom stereocenters. The summed E-state index contributed by atoms with van der Waals surface area (Å²) >= 11 is 0. The molecule has 0 spiro atoms. The van der Waals surface area contributed by atoms with Gasteiger partial charge in [-0.2, -0.15) is 0 Å². The maximum atomic E-state index is 11.4. The van der Waals surface area contributed by atoms with E-state index in [2.05, 4.69) is 4.98 Å². The van der Waals surface area contributed by atoms with Crippen molar-refractivity contribution >= 4 is 0 Å². The van der Waals surface area contributed by atoms with Crippen LogP contribution in [-0.2, 0) is 37.4 Å². The fraction of sp³-hybridized carbons (Fsp3) is 0.444. The minimum Gasteiger partial charge on any atom is -0.397 e. The zero-order chi connectivity index (χ0) is 10.8. The predicted octanol–water partition coefficient (Wildman–Crippen LogP) is -0.982. The summed E-state index contributed by atoms with van der Waals surface area (Å²) in [4.78, 5) is 24.3. The molecule has 0 aliphatic carbocycles. The number of hydrogen-bond donors (Lipinski definition) is 2. The number of H-pyrrole nitrogens is 1. The maximum Gasteiger partial charge on any atom is 0.330 e. The van der Waals surface area contributed by atoms with Gasteiger partial charge in [-0.25, -0.2) is 4.79 Å². The number of aliphatic hydroxyl groups is 1. The SMILES string of the molecule is O=c1ccn(C2C[CH-]C(CO)O2)c(=O)[nH]1.[Y]. The molecule has 85 valence electrons. The van der Waals surface area contributed by atoms with Crippen LogP contribution in [-0.4, -0.2) is 27.4 Å². The Morgan fingerprint density at radius 1 is 1.62 bits per heavy atom. The van der Waals surface area contributed by atoms with Crippen molar-refractivity contribution in [3.63, 3.8) is 0 Å². The fourth-order valence-corrected chi connectivity index (χ4v) is 1.53. The molecule has 6 nitrogen and oxygen atoms in total. The summed E-state index contributed by atoms with van der Waals surface area (Å²) in [7, 11) is 0. The van der Waals surface area contributed by atoms with Crippen molar-refractivity contribution < 1.29 is 42.6 Å². The Morgan fingerprint density at radius 2 is 2.38 bits per heavy atom. The molecular weight excluding hydrogens is 289 g/mol. The minimum absolute atomic E-state index is 0. The van der Waals surface area contributed by atoms with Crippen molar-refractivity contribution in [1.82, 2.24) is 9.55 Å². The van der Waals surface area contributed by atoms with Gasteiger partial charge in [0.1, 0.15) is 6.23 Å². The van der Waals surface area contributed by atoms with Crippen molar-refractivity contribution in [1.29, 1.82) is 0 Å². The Kier molecular flexibility index (Phi) is 5.04. The van der Waals surface area contributed by atoms with Gasteiger partial charge in [0.25, 0.3) is 5.56 Å². The van der Waals surface area contributed by atoms with Gasteiger partial charge in [-0.15, -0.1) is 6.42 Å². The number of ether oxygens (including phenoxy) is 1. The summed E-state index contributed by atoms with van der Waals surface area (Å²) in [6, 6.07) is 1.26. The molecule has 0 aromatic carbocycles. The van der Waals surface area contributed by atoms with Gasteiger partial charge in [0.15, 0.2) is 0 Å². The molecule has 16 heavy (non-hydrogen) atoms. The second-order valence-electron chi connectivity index (χ2n) is 3.30. The first-order valence-electron chi connectivity index (χ1n) is 4.62. The average molecular weight is 300 g/mol. The maximum absolute atomic E-state index is 11.4. The van der Waals surface area contributed by atoms with Crippen molar-refractivity contribution in [3.05, 3.63) is 39.5 Å². The number of aromatic amines is 1. The number of rotatable bonds is 2. The molecule has 7 heteroatoms. The molecule has 2 heterocycles. The second kappa shape index (κ2) is 5.86. The summed E-state index contributed by atoms with van der Waals surface area (Å²) in [6.45, 7) is -0.103. The smallest absolute Gasteiger partial charge is 0.330 e. The number of aliphatic hydroxyl groups excluding tert-OH is 1. The summed E-state index contributed by atoms with van der Waals surface area (Å²) in [5.41, 5.74) is -0.934. The van der Waals surface area contributed by atoms with Crippen molar-refractivity contribution in [2.24, 2.45) is 0 Å². The molecular formula is C9H11N2O4Y-. The van der Waals surface area contributed by atoms with Gasteiger partial charge in [-0.05, 0) is 6.10 Å².